The van der Waals surface area contributed by atoms with E-state index in [9.17, 15) is 0 Å². The zero-order chi connectivity index (χ0) is 15.5. The molecule has 0 fully saturated rings. The first-order valence-electron chi connectivity index (χ1n) is 6.83. The van der Waals surface area contributed by atoms with E-state index in [1.54, 1.807) is 0 Å². The molecule has 1 aliphatic rings. The maximum absolute atomic E-state index is 7.23. The van der Waals surface area contributed by atoms with E-state index in [0.29, 0.717) is 0 Å². The maximum atomic E-state index is 7.23. The summed E-state index contributed by atoms with van der Waals surface area (Å²) in [6.45, 7) is 0. The molecule has 3 nitrogen and oxygen atoms in total. The summed E-state index contributed by atoms with van der Waals surface area (Å²) in [6, 6.07) is 25.8. The van der Waals surface area contributed by atoms with Crippen molar-refractivity contribution in [3.8, 4) is 33.4 Å². The van der Waals surface area contributed by atoms with Crippen molar-refractivity contribution in [3.05, 3.63) is 72.8 Å². The summed E-state index contributed by atoms with van der Waals surface area (Å²) in [5.41, 5.74) is 8.18. The van der Waals surface area contributed by atoms with Crippen LogP contribution in [-0.4, -0.2) is 14.7 Å². The van der Waals surface area contributed by atoms with E-state index in [1.807, 2.05) is 0 Å². The Morgan fingerprint density at radius 3 is 1.68 bits per heavy atom. The molecule has 0 heterocycles. The minimum absolute atomic E-state index is 1.30. The molecule has 0 unspecified atom stereocenters. The van der Waals surface area contributed by atoms with Gasteiger partial charge < -0.3 is 14.7 Å². The lowest BCUT2D eigenvalue weighted by Crippen LogP contribution is -2.00. The van der Waals surface area contributed by atoms with Crippen molar-refractivity contribution in [2.75, 3.05) is 0 Å². The van der Waals surface area contributed by atoms with Gasteiger partial charge >= 0.3 is 8.60 Å². The van der Waals surface area contributed by atoms with Crippen LogP contribution in [0.15, 0.2) is 72.8 Å². The molecule has 0 amide bonds. The standard InChI is InChI=1S/C18H12.H3O3P/c1-2-7-13(8-3-1)14-11-6-12-17-15-9-4-5-10-16(15)18(14)17;1-4(2)3/h1-12H;1-3H. The van der Waals surface area contributed by atoms with Crippen LogP contribution >= 0.6 is 8.60 Å². The first-order chi connectivity index (χ1) is 10.7. The molecular formula is C18H15O3P. The van der Waals surface area contributed by atoms with Crippen LogP contribution in [0.1, 0.15) is 0 Å². The monoisotopic (exact) mass is 310 g/mol. The molecule has 3 aromatic rings. The van der Waals surface area contributed by atoms with Gasteiger partial charge in [-0.05, 0) is 33.4 Å². The summed E-state index contributed by atoms with van der Waals surface area (Å²) in [7, 11) is -2.62. The molecule has 0 saturated carbocycles. The Hall–Kier alpha value is -2.03. The zero-order valence-corrected chi connectivity index (χ0v) is 12.6. The minimum atomic E-state index is -2.62. The molecule has 4 heteroatoms. The number of fused-ring (bicyclic) bond motifs is 4. The fourth-order valence-corrected chi connectivity index (χ4v) is 2.80. The van der Waals surface area contributed by atoms with Crippen molar-refractivity contribution in [1.29, 1.82) is 0 Å². The SMILES string of the molecule is OP(O)O.c1ccc(-c2cccc3c2-c2ccccc2-3)cc1. The van der Waals surface area contributed by atoms with Crippen LogP contribution < -0.4 is 0 Å². The third-order valence-corrected chi connectivity index (χ3v) is 3.64. The Bertz CT molecular complexity index is 767. The molecule has 110 valence electrons. The van der Waals surface area contributed by atoms with Crippen LogP contribution in [-0.2, 0) is 0 Å². The largest absolute Gasteiger partial charge is 0.328 e. The minimum Gasteiger partial charge on any atom is -0.328 e. The van der Waals surface area contributed by atoms with Crippen LogP contribution in [0.5, 0.6) is 0 Å². The molecule has 0 bridgehead atoms. The third kappa shape index (κ3) is 2.80. The van der Waals surface area contributed by atoms with Crippen LogP contribution in [0.3, 0.4) is 0 Å². The Morgan fingerprint density at radius 1 is 0.500 bits per heavy atom. The highest BCUT2D eigenvalue weighted by atomic mass is 31.2. The van der Waals surface area contributed by atoms with Crippen LogP contribution in [0.4, 0.5) is 0 Å². The van der Waals surface area contributed by atoms with Crippen molar-refractivity contribution >= 4 is 8.60 Å². The molecule has 0 spiro atoms. The van der Waals surface area contributed by atoms with Gasteiger partial charge in [0.15, 0.2) is 0 Å². The van der Waals surface area contributed by atoms with Crippen molar-refractivity contribution in [1.82, 2.24) is 0 Å². The van der Waals surface area contributed by atoms with Gasteiger partial charge in [0.25, 0.3) is 0 Å². The van der Waals surface area contributed by atoms with Crippen LogP contribution in [0.25, 0.3) is 33.4 Å². The van der Waals surface area contributed by atoms with Crippen LogP contribution in [0, 0.1) is 0 Å². The Balaban J connectivity index is 0.000000325. The van der Waals surface area contributed by atoms with Gasteiger partial charge in [-0.1, -0.05) is 72.8 Å². The summed E-state index contributed by atoms with van der Waals surface area (Å²) in [5.74, 6) is 0. The van der Waals surface area contributed by atoms with Gasteiger partial charge in [-0.2, -0.15) is 0 Å². The molecule has 1 aliphatic carbocycles. The normalized spacial score (nSPS) is 10.9. The van der Waals surface area contributed by atoms with Gasteiger partial charge in [0.1, 0.15) is 0 Å². The fraction of sp³-hybridized carbons (Fsp3) is 0. The molecule has 0 atom stereocenters. The van der Waals surface area contributed by atoms with Gasteiger partial charge in [-0.3, -0.25) is 0 Å². The molecule has 0 aliphatic heterocycles. The second-order valence-electron chi connectivity index (χ2n) is 4.91. The summed E-state index contributed by atoms with van der Waals surface area (Å²) < 4.78 is 0. The molecule has 3 N–H and O–H groups in total. The van der Waals surface area contributed by atoms with Crippen molar-refractivity contribution in [2.24, 2.45) is 0 Å². The highest BCUT2D eigenvalue weighted by Gasteiger charge is 2.24. The molecule has 3 aromatic carbocycles. The number of benzene rings is 3. The summed E-state index contributed by atoms with van der Waals surface area (Å²) >= 11 is 0. The Morgan fingerprint density at radius 2 is 1.00 bits per heavy atom. The van der Waals surface area contributed by atoms with Crippen molar-refractivity contribution < 1.29 is 14.7 Å². The average molecular weight is 310 g/mol. The quantitative estimate of drug-likeness (QED) is 0.462. The number of hydrogen-bond donors (Lipinski definition) is 3. The molecule has 22 heavy (non-hydrogen) atoms. The third-order valence-electron chi connectivity index (χ3n) is 3.64. The average Bonchev–Trinajstić information content (AvgIpc) is 2.52. The van der Waals surface area contributed by atoms with Crippen LogP contribution in [0.2, 0.25) is 0 Å². The predicted octanol–water partition coefficient (Wildman–Crippen LogP) is 4.19. The second kappa shape index (κ2) is 6.39. The lowest BCUT2D eigenvalue weighted by Gasteiger charge is -2.26. The van der Waals surface area contributed by atoms with E-state index >= 15 is 0 Å². The first-order valence-corrected chi connectivity index (χ1v) is 8.03. The van der Waals surface area contributed by atoms with E-state index in [4.69, 9.17) is 14.7 Å². The molecule has 0 aromatic heterocycles. The van der Waals surface area contributed by atoms with Crippen molar-refractivity contribution in [2.45, 2.75) is 0 Å². The van der Waals surface area contributed by atoms with E-state index in [0.717, 1.165) is 0 Å². The molecule has 0 radical (unpaired) electrons. The topological polar surface area (TPSA) is 60.7 Å². The summed E-state index contributed by atoms with van der Waals surface area (Å²) in [5, 5.41) is 0. The van der Waals surface area contributed by atoms with E-state index in [2.05, 4.69) is 72.8 Å². The van der Waals surface area contributed by atoms with Gasteiger partial charge in [0.2, 0.25) is 0 Å². The van der Waals surface area contributed by atoms with Gasteiger partial charge in [-0.15, -0.1) is 0 Å². The summed E-state index contributed by atoms with van der Waals surface area (Å²) in [4.78, 5) is 21.7. The number of hydrogen-bond acceptors (Lipinski definition) is 3. The Labute approximate surface area is 130 Å². The van der Waals surface area contributed by atoms with Gasteiger partial charge in [0, 0.05) is 0 Å². The van der Waals surface area contributed by atoms with Gasteiger partial charge in [-0.25, -0.2) is 0 Å². The van der Waals surface area contributed by atoms with Gasteiger partial charge in [0.05, 0.1) is 0 Å². The smallest absolute Gasteiger partial charge is 0.324 e. The second-order valence-corrected chi connectivity index (χ2v) is 5.44. The highest BCUT2D eigenvalue weighted by Crippen LogP contribution is 2.51. The molecule has 0 saturated heterocycles. The van der Waals surface area contributed by atoms with E-state index < -0.39 is 8.60 Å². The van der Waals surface area contributed by atoms with Crippen molar-refractivity contribution in [3.63, 3.8) is 0 Å². The lowest BCUT2D eigenvalue weighted by atomic mass is 9.77. The fourth-order valence-electron chi connectivity index (χ4n) is 2.80. The Kier molecular flexibility index (Phi) is 4.32. The zero-order valence-electron chi connectivity index (χ0n) is 11.7. The lowest BCUT2D eigenvalue weighted by molar-refractivity contribution is 0.368. The predicted molar refractivity (Wildman–Crippen MR) is 89.9 cm³/mol. The van der Waals surface area contributed by atoms with E-state index in [-0.39, 0.29) is 0 Å². The van der Waals surface area contributed by atoms with E-state index in [1.165, 1.54) is 33.4 Å². The molecular weight excluding hydrogens is 295 g/mol. The molecule has 4 rings (SSSR count). The maximum Gasteiger partial charge on any atom is 0.324 e. The first kappa shape index (κ1) is 14.9. The summed E-state index contributed by atoms with van der Waals surface area (Å²) in [6.07, 6.45) is 0. The number of rotatable bonds is 1. The highest BCUT2D eigenvalue weighted by molar-refractivity contribution is 7.38.